The van der Waals surface area contributed by atoms with Crippen molar-refractivity contribution in [1.82, 2.24) is 15.3 Å². The Morgan fingerprint density at radius 1 is 1.14 bits per heavy atom. The summed E-state index contributed by atoms with van der Waals surface area (Å²) in [6.45, 7) is 5.83. The summed E-state index contributed by atoms with van der Waals surface area (Å²) >= 11 is 0. The van der Waals surface area contributed by atoms with Gasteiger partial charge in [-0.2, -0.15) is 0 Å². The Hall–Kier alpha value is -1.94. The van der Waals surface area contributed by atoms with E-state index in [9.17, 15) is 0 Å². The van der Waals surface area contributed by atoms with Crippen LogP contribution < -0.4 is 10.1 Å². The molecule has 0 aliphatic carbocycles. The molecule has 2 heterocycles. The molecule has 0 bridgehead atoms. The Labute approximate surface area is 126 Å². The standard InChI is InChI=1S/C17H23N3O/c1-3-16(18-4-2)17-9-8-15(13-20-17)21-12-10-14-7-5-6-11-19-14/h5-9,11,13,16,18H,3-4,10,12H2,1-2H3. The quantitative estimate of drug-likeness (QED) is 0.809. The van der Waals surface area contributed by atoms with Crippen LogP contribution in [0, 0.1) is 0 Å². The molecule has 0 fully saturated rings. The van der Waals surface area contributed by atoms with Gasteiger partial charge in [-0.1, -0.05) is 19.9 Å². The molecule has 112 valence electrons. The fraction of sp³-hybridized carbons (Fsp3) is 0.412. The monoisotopic (exact) mass is 285 g/mol. The first kappa shape index (κ1) is 15.4. The van der Waals surface area contributed by atoms with Gasteiger partial charge >= 0.3 is 0 Å². The second kappa shape index (κ2) is 8.37. The number of ether oxygens (including phenoxy) is 1. The van der Waals surface area contributed by atoms with Crippen LogP contribution >= 0.6 is 0 Å². The normalized spacial score (nSPS) is 12.1. The Bertz CT molecular complexity index is 513. The number of hydrogen-bond acceptors (Lipinski definition) is 4. The molecule has 0 aliphatic rings. The molecule has 1 unspecified atom stereocenters. The van der Waals surface area contributed by atoms with Crippen LogP contribution in [0.3, 0.4) is 0 Å². The van der Waals surface area contributed by atoms with Crippen LogP contribution in [0.1, 0.15) is 37.7 Å². The first-order valence-corrected chi connectivity index (χ1v) is 7.55. The fourth-order valence-electron chi connectivity index (χ4n) is 2.21. The summed E-state index contributed by atoms with van der Waals surface area (Å²) < 4.78 is 5.72. The van der Waals surface area contributed by atoms with E-state index in [-0.39, 0.29) is 0 Å². The van der Waals surface area contributed by atoms with Crippen molar-refractivity contribution < 1.29 is 4.74 Å². The highest BCUT2D eigenvalue weighted by Crippen LogP contribution is 2.17. The third-order valence-corrected chi connectivity index (χ3v) is 3.33. The summed E-state index contributed by atoms with van der Waals surface area (Å²) in [7, 11) is 0. The maximum atomic E-state index is 5.72. The second-order valence-electron chi connectivity index (χ2n) is 4.86. The molecule has 0 spiro atoms. The summed E-state index contributed by atoms with van der Waals surface area (Å²) in [4.78, 5) is 8.77. The number of pyridine rings is 2. The molecular weight excluding hydrogens is 262 g/mol. The summed E-state index contributed by atoms with van der Waals surface area (Å²) in [6, 6.07) is 10.3. The van der Waals surface area contributed by atoms with Crippen LogP contribution in [-0.4, -0.2) is 23.1 Å². The summed E-state index contributed by atoms with van der Waals surface area (Å²) in [5.74, 6) is 0.807. The maximum absolute atomic E-state index is 5.72. The fourth-order valence-corrected chi connectivity index (χ4v) is 2.21. The lowest BCUT2D eigenvalue weighted by Gasteiger charge is -2.15. The molecule has 0 radical (unpaired) electrons. The van der Waals surface area contributed by atoms with Crippen molar-refractivity contribution in [3.8, 4) is 5.75 Å². The van der Waals surface area contributed by atoms with E-state index in [0.29, 0.717) is 12.6 Å². The number of nitrogens with one attached hydrogen (secondary N) is 1. The molecule has 4 heteroatoms. The molecule has 2 rings (SSSR count). The van der Waals surface area contributed by atoms with Crippen molar-refractivity contribution in [2.24, 2.45) is 0 Å². The zero-order valence-corrected chi connectivity index (χ0v) is 12.7. The van der Waals surface area contributed by atoms with E-state index in [0.717, 1.165) is 36.5 Å². The first-order chi connectivity index (χ1) is 10.3. The van der Waals surface area contributed by atoms with Gasteiger partial charge in [-0.25, -0.2) is 0 Å². The van der Waals surface area contributed by atoms with Gasteiger partial charge in [0, 0.05) is 24.4 Å². The average Bonchev–Trinajstić information content (AvgIpc) is 2.54. The van der Waals surface area contributed by atoms with Gasteiger partial charge in [0.2, 0.25) is 0 Å². The van der Waals surface area contributed by atoms with Gasteiger partial charge in [-0.15, -0.1) is 0 Å². The minimum absolute atomic E-state index is 0.317. The van der Waals surface area contributed by atoms with E-state index < -0.39 is 0 Å². The van der Waals surface area contributed by atoms with Crippen molar-refractivity contribution in [2.75, 3.05) is 13.2 Å². The Morgan fingerprint density at radius 3 is 2.67 bits per heavy atom. The lowest BCUT2D eigenvalue weighted by Crippen LogP contribution is -2.20. The highest BCUT2D eigenvalue weighted by atomic mass is 16.5. The molecule has 0 saturated carbocycles. The predicted molar refractivity (Wildman–Crippen MR) is 84.4 cm³/mol. The van der Waals surface area contributed by atoms with Gasteiger partial charge in [0.15, 0.2) is 0 Å². The summed E-state index contributed by atoms with van der Waals surface area (Å²) in [5.41, 5.74) is 2.11. The summed E-state index contributed by atoms with van der Waals surface area (Å²) in [6.07, 6.45) is 5.43. The van der Waals surface area contributed by atoms with E-state index in [1.54, 1.807) is 12.4 Å². The molecule has 0 amide bonds. The second-order valence-corrected chi connectivity index (χ2v) is 4.86. The van der Waals surface area contributed by atoms with Crippen molar-refractivity contribution in [3.63, 3.8) is 0 Å². The molecule has 0 aromatic carbocycles. The largest absolute Gasteiger partial charge is 0.492 e. The van der Waals surface area contributed by atoms with Crippen LogP contribution in [0.5, 0.6) is 5.75 Å². The number of hydrogen-bond donors (Lipinski definition) is 1. The van der Waals surface area contributed by atoms with Crippen molar-refractivity contribution >= 4 is 0 Å². The van der Waals surface area contributed by atoms with Gasteiger partial charge in [0.05, 0.1) is 18.5 Å². The maximum Gasteiger partial charge on any atom is 0.137 e. The van der Waals surface area contributed by atoms with Gasteiger partial charge in [-0.3, -0.25) is 9.97 Å². The molecule has 0 aliphatic heterocycles. The molecule has 0 saturated heterocycles. The van der Waals surface area contributed by atoms with Crippen LogP contribution in [0.25, 0.3) is 0 Å². The number of rotatable bonds is 8. The molecule has 1 N–H and O–H groups in total. The van der Waals surface area contributed by atoms with Crippen LogP contribution in [-0.2, 0) is 6.42 Å². The lowest BCUT2D eigenvalue weighted by atomic mass is 10.1. The molecule has 2 aromatic heterocycles. The number of nitrogens with zero attached hydrogens (tertiary/aromatic N) is 2. The minimum Gasteiger partial charge on any atom is -0.492 e. The lowest BCUT2D eigenvalue weighted by molar-refractivity contribution is 0.319. The third-order valence-electron chi connectivity index (χ3n) is 3.33. The van der Waals surface area contributed by atoms with Gasteiger partial charge in [0.1, 0.15) is 5.75 Å². The third kappa shape index (κ3) is 4.83. The number of aromatic nitrogens is 2. The molecule has 1 atom stereocenters. The van der Waals surface area contributed by atoms with Gasteiger partial charge in [-0.05, 0) is 37.2 Å². The highest BCUT2D eigenvalue weighted by Gasteiger charge is 2.08. The molecule has 4 nitrogen and oxygen atoms in total. The highest BCUT2D eigenvalue weighted by molar-refractivity contribution is 5.21. The average molecular weight is 285 g/mol. The Balaban J connectivity index is 1.84. The van der Waals surface area contributed by atoms with Crippen molar-refractivity contribution in [1.29, 1.82) is 0 Å². The Morgan fingerprint density at radius 2 is 2.05 bits per heavy atom. The van der Waals surface area contributed by atoms with E-state index in [4.69, 9.17) is 4.74 Å². The van der Waals surface area contributed by atoms with Crippen molar-refractivity contribution in [2.45, 2.75) is 32.7 Å². The van der Waals surface area contributed by atoms with E-state index >= 15 is 0 Å². The SMILES string of the molecule is CCNC(CC)c1ccc(OCCc2ccccn2)cn1. The molecular formula is C17H23N3O. The van der Waals surface area contributed by atoms with Crippen LogP contribution in [0.15, 0.2) is 42.7 Å². The van der Waals surface area contributed by atoms with E-state index in [1.165, 1.54) is 0 Å². The van der Waals surface area contributed by atoms with Gasteiger partial charge < -0.3 is 10.1 Å². The van der Waals surface area contributed by atoms with Crippen molar-refractivity contribution in [3.05, 3.63) is 54.1 Å². The van der Waals surface area contributed by atoms with E-state index in [2.05, 4.69) is 29.1 Å². The van der Waals surface area contributed by atoms with Gasteiger partial charge in [0.25, 0.3) is 0 Å². The molecule has 21 heavy (non-hydrogen) atoms. The smallest absolute Gasteiger partial charge is 0.137 e. The minimum atomic E-state index is 0.317. The van der Waals surface area contributed by atoms with Crippen LogP contribution in [0.4, 0.5) is 0 Å². The Kier molecular flexibility index (Phi) is 6.16. The van der Waals surface area contributed by atoms with Crippen LogP contribution in [0.2, 0.25) is 0 Å². The van der Waals surface area contributed by atoms with E-state index in [1.807, 2.05) is 30.3 Å². The zero-order chi connectivity index (χ0) is 14.9. The summed E-state index contributed by atoms with van der Waals surface area (Å²) in [5, 5.41) is 3.42. The zero-order valence-electron chi connectivity index (χ0n) is 12.7. The predicted octanol–water partition coefficient (Wildman–Crippen LogP) is 3.16. The topological polar surface area (TPSA) is 47.0 Å². The first-order valence-electron chi connectivity index (χ1n) is 7.55. The molecule has 2 aromatic rings.